The number of carbonyl (C=O) groups excluding carboxylic acids is 1. The number of rotatable bonds is 2. The quantitative estimate of drug-likeness (QED) is 0.527. The number of carbonyl (C=O) groups is 1. The van der Waals surface area contributed by atoms with Crippen LogP contribution in [-0.2, 0) is 9.53 Å². The highest BCUT2D eigenvalue weighted by atomic mass is 35.6. The first-order chi connectivity index (χ1) is 4.88. The third-order valence-corrected chi connectivity index (χ3v) is 1.58. The summed E-state index contributed by atoms with van der Waals surface area (Å²) in [4.78, 5) is 10.8. The van der Waals surface area contributed by atoms with Crippen molar-refractivity contribution in [1.29, 1.82) is 0 Å². The molecule has 1 atom stereocenters. The predicted molar refractivity (Wildman–Crippen MR) is 46.1 cm³/mol. The summed E-state index contributed by atoms with van der Waals surface area (Å²) in [5.74, 6) is -0.822. The van der Waals surface area contributed by atoms with Crippen molar-refractivity contribution in [3.05, 3.63) is 0 Å². The molecular formula is C6H9Cl3O2. The fourth-order valence-electron chi connectivity index (χ4n) is 0.333. The van der Waals surface area contributed by atoms with Crippen LogP contribution in [0.1, 0.15) is 20.3 Å². The highest BCUT2D eigenvalue weighted by Gasteiger charge is 2.33. The molecule has 0 aromatic carbocycles. The van der Waals surface area contributed by atoms with Crippen LogP contribution in [0.15, 0.2) is 0 Å². The fraction of sp³-hybridized carbons (Fsp3) is 0.833. The molecule has 0 aliphatic heterocycles. The molecule has 66 valence electrons. The number of alkyl halides is 3. The monoisotopic (exact) mass is 218 g/mol. The van der Waals surface area contributed by atoms with Crippen LogP contribution in [0.25, 0.3) is 0 Å². The molecule has 0 rings (SSSR count). The summed E-state index contributed by atoms with van der Waals surface area (Å²) in [6.45, 7) is 3.60. The van der Waals surface area contributed by atoms with E-state index in [9.17, 15) is 4.79 Å². The lowest BCUT2D eigenvalue weighted by molar-refractivity contribution is -0.147. The van der Waals surface area contributed by atoms with Crippen LogP contribution in [-0.4, -0.2) is 15.9 Å². The molecule has 0 aromatic rings. The normalized spacial score (nSPS) is 14.3. The molecule has 0 spiro atoms. The number of halogens is 3. The molecule has 2 nitrogen and oxygen atoms in total. The lowest BCUT2D eigenvalue weighted by Gasteiger charge is -2.14. The van der Waals surface area contributed by atoms with E-state index in [1.807, 2.05) is 6.92 Å². The molecule has 5 heteroatoms. The first-order valence-electron chi connectivity index (χ1n) is 3.15. The second-order valence-corrected chi connectivity index (χ2v) is 4.40. The molecule has 0 fully saturated rings. The third kappa shape index (κ3) is 4.72. The number of hydrogen-bond donors (Lipinski definition) is 0. The minimum absolute atomic E-state index is 0.210. The zero-order valence-corrected chi connectivity index (χ0v) is 8.50. The fourth-order valence-corrected chi connectivity index (χ4v) is 0.467. The Bertz CT molecular complexity index is 141. The maximum atomic E-state index is 10.8. The Morgan fingerprint density at radius 3 is 2.27 bits per heavy atom. The minimum atomic E-state index is -1.95. The van der Waals surface area contributed by atoms with E-state index in [1.165, 1.54) is 0 Å². The van der Waals surface area contributed by atoms with Crippen LogP contribution in [0.2, 0.25) is 0 Å². The second kappa shape index (κ2) is 4.39. The molecule has 0 amide bonds. The summed E-state index contributed by atoms with van der Waals surface area (Å²) in [5, 5.41) is 0. The molecule has 0 N–H and O–H groups in total. The van der Waals surface area contributed by atoms with Crippen LogP contribution >= 0.6 is 34.8 Å². The Labute approximate surface area is 80.7 Å². The van der Waals surface area contributed by atoms with Crippen LogP contribution < -0.4 is 0 Å². The Morgan fingerprint density at radius 2 is 2.00 bits per heavy atom. The Morgan fingerprint density at radius 1 is 1.55 bits per heavy atom. The van der Waals surface area contributed by atoms with Gasteiger partial charge in [-0.1, -0.05) is 41.7 Å². The number of esters is 1. The molecule has 0 saturated carbocycles. The van der Waals surface area contributed by atoms with E-state index in [0.717, 1.165) is 0 Å². The van der Waals surface area contributed by atoms with Gasteiger partial charge in [0.1, 0.15) is 0 Å². The van der Waals surface area contributed by atoms with Crippen molar-refractivity contribution >= 4 is 40.8 Å². The van der Waals surface area contributed by atoms with Crippen molar-refractivity contribution in [2.75, 3.05) is 0 Å². The van der Waals surface area contributed by atoms with Gasteiger partial charge in [0.15, 0.2) is 0 Å². The molecule has 0 bridgehead atoms. The number of ether oxygens (including phenoxy) is 1. The van der Waals surface area contributed by atoms with E-state index in [2.05, 4.69) is 0 Å². The summed E-state index contributed by atoms with van der Waals surface area (Å²) in [6.07, 6.45) is 0.491. The van der Waals surface area contributed by atoms with Gasteiger partial charge in [-0.2, -0.15) is 0 Å². The molecule has 0 aromatic heterocycles. The van der Waals surface area contributed by atoms with Crippen molar-refractivity contribution in [3.8, 4) is 0 Å². The lowest BCUT2D eigenvalue weighted by Crippen LogP contribution is -2.25. The SMILES string of the molecule is CC[C@H](C)OC(=O)C(Cl)(Cl)Cl. The molecule has 0 radical (unpaired) electrons. The van der Waals surface area contributed by atoms with E-state index in [1.54, 1.807) is 6.92 Å². The van der Waals surface area contributed by atoms with Crippen molar-refractivity contribution < 1.29 is 9.53 Å². The highest BCUT2D eigenvalue weighted by molar-refractivity contribution is 6.75. The second-order valence-electron chi connectivity index (χ2n) is 2.12. The molecule has 0 heterocycles. The Balaban J connectivity index is 3.88. The van der Waals surface area contributed by atoms with E-state index < -0.39 is 9.76 Å². The first-order valence-corrected chi connectivity index (χ1v) is 4.29. The largest absolute Gasteiger partial charge is 0.460 e. The van der Waals surface area contributed by atoms with Crippen LogP contribution in [0.4, 0.5) is 0 Å². The van der Waals surface area contributed by atoms with Crippen LogP contribution in [0.3, 0.4) is 0 Å². The summed E-state index contributed by atoms with van der Waals surface area (Å²) >= 11 is 15.7. The molecule has 0 aliphatic carbocycles. The molecular weight excluding hydrogens is 210 g/mol. The molecule has 11 heavy (non-hydrogen) atoms. The molecule has 0 unspecified atom stereocenters. The van der Waals surface area contributed by atoms with Gasteiger partial charge >= 0.3 is 5.97 Å². The van der Waals surface area contributed by atoms with Gasteiger partial charge in [0.05, 0.1) is 6.10 Å². The van der Waals surface area contributed by atoms with Gasteiger partial charge in [-0.15, -0.1) is 0 Å². The van der Waals surface area contributed by atoms with E-state index in [-0.39, 0.29) is 6.10 Å². The predicted octanol–water partition coefficient (Wildman–Crippen LogP) is 2.70. The minimum Gasteiger partial charge on any atom is -0.460 e. The van der Waals surface area contributed by atoms with Crippen LogP contribution in [0, 0.1) is 0 Å². The summed E-state index contributed by atoms with van der Waals surface area (Å²) in [5.41, 5.74) is 0. The summed E-state index contributed by atoms with van der Waals surface area (Å²) < 4.78 is 2.77. The zero-order valence-electron chi connectivity index (χ0n) is 6.23. The Kier molecular flexibility index (Phi) is 4.52. The topological polar surface area (TPSA) is 26.3 Å². The summed E-state index contributed by atoms with van der Waals surface area (Å²) in [6, 6.07) is 0. The average molecular weight is 219 g/mol. The first kappa shape index (κ1) is 11.3. The van der Waals surface area contributed by atoms with Crippen molar-refractivity contribution in [1.82, 2.24) is 0 Å². The lowest BCUT2D eigenvalue weighted by atomic mass is 10.3. The van der Waals surface area contributed by atoms with E-state index in [4.69, 9.17) is 39.5 Å². The maximum Gasteiger partial charge on any atom is 0.358 e. The average Bonchev–Trinajstić information content (AvgIpc) is 1.85. The smallest absolute Gasteiger partial charge is 0.358 e. The van der Waals surface area contributed by atoms with Gasteiger partial charge in [-0.05, 0) is 13.3 Å². The molecule has 0 aliphatic rings. The number of hydrogen-bond acceptors (Lipinski definition) is 2. The van der Waals surface area contributed by atoms with Crippen molar-refractivity contribution in [3.63, 3.8) is 0 Å². The van der Waals surface area contributed by atoms with Crippen LogP contribution in [0.5, 0.6) is 0 Å². The molecule has 0 saturated heterocycles. The van der Waals surface area contributed by atoms with E-state index >= 15 is 0 Å². The van der Waals surface area contributed by atoms with Gasteiger partial charge in [0.25, 0.3) is 3.79 Å². The van der Waals surface area contributed by atoms with Gasteiger partial charge < -0.3 is 4.74 Å². The maximum absolute atomic E-state index is 10.8. The van der Waals surface area contributed by atoms with Crippen molar-refractivity contribution in [2.45, 2.75) is 30.2 Å². The van der Waals surface area contributed by atoms with Gasteiger partial charge in [-0.25, -0.2) is 4.79 Å². The van der Waals surface area contributed by atoms with Crippen molar-refractivity contribution in [2.24, 2.45) is 0 Å². The van der Waals surface area contributed by atoms with Gasteiger partial charge in [-0.3, -0.25) is 0 Å². The van der Waals surface area contributed by atoms with E-state index in [0.29, 0.717) is 6.42 Å². The zero-order chi connectivity index (χ0) is 9.07. The third-order valence-electron chi connectivity index (χ3n) is 1.11. The Hall–Kier alpha value is 0.340. The highest BCUT2D eigenvalue weighted by Crippen LogP contribution is 2.28. The van der Waals surface area contributed by atoms with Gasteiger partial charge in [0.2, 0.25) is 0 Å². The summed E-state index contributed by atoms with van der Waals surface area (Å²) in [7, 11) is 0. The standard InChI is InChI=1S/C6H9Cl3O2/c1-3-4(2)11-5(10)6(7,8)9/h4H,3H2,1-2H3/t4-/m0/s1. The van der Waals surface area contributed by atoms with Gasteiger partial charge in [0, 0.05) is 0 Å².